The number of hydrogen-bond donors (Lipinski definition) is 1. The zero-order valence-corrected chi connectivity index (χ0v) is 11.0. The Hall–Kier alpha value is -1.30. The zero-order valence-electron chi connectivity index (χ0n) is 11.0. The Morgan fingerprint density at radius 1 is 1.11 bits per heavy atom. The van der Waals surface area contributed by atoms with Gasteiger partial charge in [0.1, 0.15) is 0 Å². The van der Waals surface area contributed by atoms with Crippen molar-refractivity contribution in [3.63, 3.8) is 0 Å². The quantitative estimate of drug-likeness (QED) is 0.763. The van der Waals surface area contributed by atoms with Crippen LogP contribution in [0.25, 0.3) is 0 Å². The minimum atomic E-state index is -0.794. The van der Waals surface area contributed by atoms with Crippen LogP contribution < -0.4 is 0 Å². The number of aliphatic carboxylic acids is 1. The molecule has 2 aliphatic rings. The SMILES string of the molecule is CN(C)C1CCN(C(=O)N2CCC(C(=O)O)C2)C1. The van der Waals surface area contributed by atoms with E-state index in [0.29, 0.717) is 25.6 Å². The first-order chi connectivity index (χ1) is 8.49. The number of likely N-dealkylation sites (tertiary alicyclic amines) is 2. The van der Waals surface area contributed by atoms with Crippen LogP contribution in [0, 0.1) is 5.92 Å². The van der Waals surface area contributed by atoms with Crippen molar-refractivity contribution in [1.82, 2.24) is 14.7 Å². The van der Waals surface area contributed by atoms with Gasteiger partial charge in [-0.15, -0.1) is 0 Å². The van der Waals surface area contributed by atoms with Crippen molar-refractivity contribution in [2.24, 2.45) is 5.92 Å². The Labute approximate surface area is 107 Å². The monoisotopic (exact) mass is 255 g/mol. The predicted molar refractivity (Wildman–Crippen MR) is 66.4 cm³/mol. The van der Waals surface area contributed by atoms with Gasteiger partial charge < -0.3 is 19.8 Å². The predicted octanol–water partition coefficient (Wildman–Crippen LogP) is 0.149. The molecule has 2 heterocycles. The molecule has 0 spiro atoms. The van der Waals surface area contributed by atoms with Crippen molar-refractivity contribution in [2.45, 2.75) is 18.9 Å². The standard InChI is InChI=1S/C12H21N3O3/c1-13(2)10-4-6-15(8-10)12(18)14-5-3-9(7-14)11(16)17/h9-10H,3-8H2,1-2H3,(H,16,17). The number of carbonyl (C=O) groups excluding carboxylic acids is 1. The molecule has 0 aromatic heterocycles. The average Bonchev–Trinajstić information content (AvgIpc) is 2.97. The summed E-state index contributed by atoms with van der Waals surface area (Å²) in [4.78, 5) is 28.8. The van der Waals surface area contributed by atoms with E-state index in [-0.39, 0.29) is 11.9 Å². The molecule has 2 fully saturated rings. The third-order valence-electron chi connectivity index (χ3n) is 3.97. The van der Waals surface area contributed by atoms with E-state index >= 15 is 0 Å². The number of hydrogen-bond acceptors (Lipinski definition) is 3. The number of amides is 2. The number of carboxylic acid groups (broad SMARTS) is 1. The van der Waals surface area contributed by atoms with Crippen LogP contribution in [0.4, 0.5) is 4.79 Å². The summed E-state index contributed by atoms with van der Waals surface area (Å²) in [6.07, 6.45) is 1.57. The Bertz CT molecular complexity index is 345. The molecule has 0 aliphatic carbocycles. The highest BCUT2D eigenvalue weighted by Crippen LogP contribution is 2.21. The molecule has 2 saturated heterocycles. The van der Waals surface area contributed by atoms with Crippen LogP contribution in [-0.4, -0.2) is 78.1 Å². The molecule has 18 heavy (non-hydrogen) atoms. The number of carbonyl (C=O) groups is 2. The second kappa shape index (κ2) is 5.14. The summed E-state index contributed by atoms with van der Waals surface area (Å²) in [5, 5.41) is 8.93. The molecular weight excluding hydrogens is 234 g/mol. The van der Waals surface area contributed by atoms with Crippen molar-refractivity contribution in [3.8, 4) is 0 Å². The third kappa shape index (κ3) is 2.58. The first-order valence-electron chi connectivity index (χ1n) is 6.42. The van der Waals surface area contributed by atoms with E-state index in [1.54, 1.807) is 4.90 Å². The van der Waals surface area contributed by atoms with E-state index in [1.165, 1.54) is 0 Å². The van der Waals surface area contributed by atoms with Crippen LogP contribution in [0.5, 0.6) is 0 Å². The van der Waals surface area contributed by atoms with E-state index < -0.39 is 5.97 Å². The lowest BCUT2D eigenvalue weighted by atomic mass is 10.1. The third-order valence-corrected chi connectivity index (χ3v) is 3.97. The van der Waals surface area contributed by atoms with Gasteiger partial charge in [-0.2, -0.15) is 0 Å². The van der Waals surface area contributed by atoms with Crippen molar-refractivity contribution in [3.05, 3.63) is 0 Å². The molecule has 0 bridgehead atoms. The lowest BCUT2D eigenvalue weighted by Gasteiger charge is -2.25. The number of likely N-dealkylation sites (N-methyl/N-ethyl adjacent to an activating group) is 1. The summed E-state index contributed by atoms with van der Waals surface area (Å²) in [5.41, 5.74) is 0. The molecule has 0 aromatic carbocycles. The topological polar surface area (TPSA) is 64.1 Å². The van der Waals surface area contributed by atoms with Gasteiger partial charge in [0.15, 0.2) is 0 Å². The number of rotatable bonds is 2. The van der Waals surface area contributed by atoms with Crippen LogP contribution in [0.2, 0.25) is 0 Å². The summed E-state index contributed by atoms with van der Waals surface area (Å²) in [6.45, 7) is 2.45. The first kappa shape index (κ1) is 13.1. The van der Waals surface area contributed by atoms with Crippen LogP contribution in [-0.2, 0) is 4.79 Å². The van der Waals surface area contributed by atoms with E-state index in [1.807, 2.05) is 19.0 Å². The smallest absolute Gasteiger partial charge is 0.320 e. The summed E-state index contributed by atoms with van der Waals surface area (Å²) < 4.78 is 0. The Morgan fingerprint density at radius 2 is 1.72 bits per heavy atom. The van der Waals surface area contributed by atoms with E-state index in [9.17, 15) is 9.59 Å². The van der Waals surface area contributed by atoms with E-state index in [4.69, 9.17) is 5.11 Å². The fraction of sp³-hybridized carbons (Fsp3) is 0.833. The molecule has 2 rings (SSSR count). The molecule has 2 atom stereocenters. The Kier molecular flexibility index (Phi) is 3.75. The van der Waals surface area contributed by atoms with E-state index in [2.05, 4.69) is 4.90 Å². The molecule has 1 N–H and O–H groups in total. The maximum atomic E-state index is 12.2. The fourth-order valence-electron chi connectivity index (χ4n) is 2.67. The lowest BCUT2D eigenvalue weighted by Crippen LogP contribution is -2.42. The number of urea groups is 1. The highest BCUT2D eigenvalue weighted by Gasteiger charge is 2.35. The molecule has 2 aliphatic heterocycles. The van der Waals surface area contributed by atoms with Gasteiger partial charge in [-0.25, -0.2) is 4.79 Å². The minimum absolute atomic E-state index is 0.00287. The summed E-state index contributed by atoms with van der Waals surface area (Å²) in [5.74, 6) is -1.18. The van der Waals surface area contributed by atoms with Gasteiger partial charge in [-0.05, 0) is 26.9 Å². The van der Waals surface area contributed by atoms with Gasteiger partial charge in [-0.1, -0.05) is 0 Å². The molecule has 2 amide bonds. The van der Waals surface area contributed by atoms with Crippen LogP contribution in [0.1, 0.15) is 12.8 Å². The summed E-state index contributed by atoms with van der Waals surface area (Å²) in [6, 6.07) is 0.426. The average molecular weight is 255 g/mol. The molecule has 2 unspecified atom stereocenters. The van der Waals surface area contributed by atoms with Gasteiger partial charge in [-0.3, -0.25) is 4.79 Å². The molecule has 102 valence electrons. The van der Waals surface area contributed by atoms with Gasteiger partial charge >= 0.3 is 12.0 Å². The maximum Gasteiger partial charge on any atom is 0.320 e. The van der Waals surface area contributed by atoms with Gasteiger partial charge in [0, 0.05) is 32.2 Å². The first-order valence-corrected chi connectivity index (χ1v) is 6.42. The Morgan fingerprint density at radius 3 is 2.22 bits per heavy atom. The number of nitrogens with zero attached hydrogens (tertiary/aromatic N) is 3. The van der Waals surface area contributed by atoms with Gasteiger partial charge in [0.05, 0.1) is 5.92 Å². The Balaban J connectivity index is 1.88. The second-order valence-electron chi connectivity index (χ2n) is 5.40. The highest BCUT2D eigenvalue weighted by molar-refractivity contribution is 5.77. The minimum Gasteiger partial charge on any atom is -0.481 e. The van der Waals surface area contributed by atoms with Gasteiger partial charge in [0.25, 0.3) is 0 Å². The highest BCUT2D eigenvalue weighted by atomic mass is 16.4. The van der Waals surface area contributed by atoms with Crippen molar-refractivity contribution in [1.29, 1.82) is 0 Å². The molecule has 0 radical (unpaired) electrons. The van der Waals surface area contributed by atoms with Crippen molar-refractivity contribution >= 4 is 12.0 Å². The molecule has 6 nitrogen and oxygen atoms in total. The summed E-state index contributed by atoms with van der Waals surface area (Å²) >= 11 is 0. The normalized spacial score (nSPS) is 28.2. The molecule has 6 heteroatoms. The van der Waals surface area contributed by atoms with Gasteiger partial charge in [0.2, 0.25) is 0 Å². The largest absolute Gasteiger partial charge is 0.481 e. The van der Waals surface area contributed by atoms with E-state index in [0.717, 1.165) is 19.5 Å². The lowest BCUT2D eigenvalue weighted by molar-refractivity contribution is -0.141. The maximum absolute atomic E-state index is 12.2. The molecular formula is C12H21N3O3. The van der Waals surface area contributed by atoms with Crippen LogP contribution >= 0.6 is 0 Å². The zero-order chi connectivity index (χ0) is 13.3. The number of carboxylic acids is 1. The fourth-order valence-corrected chi connectivity index (χ4v) is 2.67. The molecule has 0 aromatic rings. The molecule has 0 saturated carbocycles. The summed E-state index contributed by atoms with van der Waals surface area (Å²) in [7, 11) is 4.05. The van der Waals surface area contributed by atoms with Crippen LogP contribution in [0.3, 0.4) is 0 Å². The van der Waals surface area contributed by atoms with Crippen molar-refractivity contribution < 1.29 is 14.7 Å². The van der Waals surface area contributed by atoms with Crippen molar-refractivity contribution in [2.75, 3.05) is 40.3 Å². The van der Waals surface area contributed by atoms with Crippen LogP contribution in [0.15, 0.2) is 0 Å². The second-order valence-corrected chi connectivity index (χ2v) is 5.40.